The van der Waals surface area contributed by atoms with E-state index >= 15 is 0 Å². The Morgan fingerprint density at radius 3 is 2.14 bits per heavy atom. The van der Waals surface area contributed by atoms with Crippen molar-refractivity contribution in [1.29, 1.82) is 0 Å². The van der Waals surface area contributed by atoms with Gasteiger partial charge in [0.1, 0.15) is 0 Å². The Morgan fingerprint density at radius 2 is 1.50 bits per heavy atom. The van der Waals surface area contributed by atoms with Crippen LogP contribution in [-0.4, -0.2) is 20.1 Å². The number of hydrogen-bond donors (Lipinski definition) is 0. The summed E-state index contributed by atoms with van der Waals surface area (Å²) in [5, 5.41) is 0. The quantitative estimate of drug-likeness (QED) is 0.564. The predicted molar refractivity (Wildman–Crippen MR) is 112 cm³/mol. The maximum absolute atomic E-state index is 13.1. The van der Waals surface area contributed by atoms with Gasteiger partial charge in [0, 0.05) is 12.1 Å². The van der Waals surface area contributed by atoms with Crippen LogP contribution in [0, 0.1) is 0 Å². The van der Waals surface area contributed by atoms with Gasteiger partial charge < -0.3 is 14.4 Å². The lowest BCUT2D eigenvalue weighted by Crippen LogP contribution is -2.30. The van der Waals surface area contributed by atoms with Crippen LogP contribution in [0.15, 0.2) is 78.9 Å². The predicted octanol–water partition coefficient (Wildman–Crippen LogP) is 4.87. The molecule has 0 atom stereocenters. The first-order chi connectivity index (χ1) is 13.7. The normalized spacial score (nSPS) is 10.4. The van der Waals surface area contributed by atoms with E-state index in [1.54, 1.807) is 14.2 Å². The summed E-state index contributed by atoms with van der Waals surface area (Å²) in [5.41, 5.74) is 2.95. The molecule has 4 nitrogen and oxygen atoms in total. The van der Waals surface area contributed by atoms with Crippen LogP contribution in [0.1, 0.15) is 17.5 Å². The van der Waals surface area contributed by atoms with Gasteiger partial charge in [-0.1, -0.05) is 60.7 Å². The van der Waals surface area contributed by atoms with Gasteiger partial charge in [-0.15, -0.1) is 0 Å². The molecule has 0 N–H and O–H groups in total. The van der Waals surface area contributed by atoms with Crippen LogP contribution in [-0.2, 0) is 17.8 Å². The van der Waals surface area contributed by atoms with Crippen LogP contribution in [0.5, 0.6) is 11.5 Å². The topological polar surface area (TPSA) is 38.8 Å². The first kappa shape index (κ1) is 19.5. The summed E-state index contributed by atoms with van der Waals surface area (Å²) < 4.78 is 10.8. The van der Waals surface area contributed by atoms with E-state index in [-0.39, 0.29) is 5.91 Å². The largest absolute Gasteiger partial charge is 0.493 e. The van der Waals surface area contributed by atoms with Crippen LogP contribution in [0.4, 0.5) is 5.69 Å². The van der Waals surface area contributed by atoms with Crippen molar-refractivity contribution in [1.82, 2.24) is 0 Å². The van der Waals surface area contributed by atoms with Gasteiger partial charge in [0.05, 0.1) is 20.8 Å². The second kappa shape index (κ2) is 9.60. The van der Waals surface area contributed by atoms with Crippen molar-refractivity contribution >= 4 is 11.6 Å². The molecule has 28 heavy (non-hydrogen) atoms. The highest BCUT2D eigenvalue weighted by atomic mass is 16.5. The molecule has 0 aliphatic carbocycles. The molecule has 1 amide bonds. The van der Waals surface area contributed by atoms with E-state index in [9.17, 15) is 4.79 Å². The van der Waals surface area contributed by atoms with E-state index in [1.165, 1.54) is 0 Å². The third kappa shape index (κ3) is 4.71. The Kier molecular flexibility index (Phi) is 6.68. The van der Waals surface area contributed by atoms with E-state index < -0.39 is 0 Å². The van der Waals surface area contributed by atoms with Crippen LogP contribution in [0.3, 0.4) is 0 Å². The number of benzene rings is 3. The van der Waals surface area contributed by atoms with Gasteiger partial charge in [0.2, 0.25) is 5.91 Å². The molecule has 0 radical (unpaired) electrons. The number of carbonyl (C=O) groups excluding carboxylic acids is 1. The summed E-state index contributed by atoms with van der Waals surface area (Å²) in [4.78, 5) is 15.0. The monoisotopic (exact) mass is 375 g/mol. The molecule has 0 aliphatic rings. The number of ether oxygens (including phenoxy) is 2. The molecule has 0 saturated carbocycles. The molecule has 3 rings (SSSR count). The number of methoxy groups -OCH3 is 2. The second-order valence-electron chi connectivity index (χ2n) is 6.45. The number of para-hydroxylation sites is 2. The molecule has 3 aromatic rings. The SMILES string of the molecule is COc1cccc(CCC(=O)N(Cc2ccccc2)c2ccccc2)c1OC. The lowest BCUT2D eigenvalue weighted by molar-refractivity contribution is -0.118. The molecule has 0 heterocycles. The van der Waals surface area contributed by atoms with Crippen molar-refractivity contribution in [2.45, 2.75) is 19.4 Å². The molecule has 144 valence electrons. The van der Waals surface area contributed by atoms with Crippen molar-refractivity contribution in [2.24, 2.45) is 0 Å². The average Bonchev–Trinajstić information content (AvgIpc) is 2.76. The Hall–Kier alpha value is -3.27. The highest BCUT2D eigenvalue weighted by molar-refractivity contribution is 5.93. The maximum atomic E-state index is 13.1. The summed E-state index contributed by atoms with van der Waals surface area (Å²) in [6, 6.07) is 25.6. The van der Waals surface area contributed by atoms with E-state index in [0.29, 0.717) is 30.9 Å². The zero-order valence-electron chi connectivity index (χ0n) is 16.3. The fraction of sp³-hybridized carbons (Fsp3) is 0.208. The fourth-order valence-corrected chi connectivity index (χ4v) is 3.22. The summed E-state index contributed by atoms with van der Waals surface area (Å²) >= 11 is 0. The van der Waals surface area contributed by atoms with E-state index in [1.807, 2.05) is 83.8 Å². The van der Waals surface area contributed by atoms with Gasteiger partial charge >= 0.3 is 0 Å². The highest BCUT2D eigenvalue weighted by Gasteiger charge is 2.18. The third-order valence-corrected chi connectivity index (χ3v) is 4.65. The number of hydrogen-bond acceptors (Lipinski definition) is 3. The van der Waals surface area contributed by atoms with Crippen molar-refractivity contribution in [3.05, 3.63) is 90.0 Å². The minimum absolute atomic E-state index is 0.0694. The fourth-order valence-electron chi connectivity index (χ4n) is 3.22. The van der Waals surface area contributed by atoms with Gasteiger partial charge in [-0.3, -0.25) is 4.79 Å². The molecular weight excluding hydrogens is 350 g/mol. The number of nitrogens with zero attached hydrogens (tertiary/aromatic N) is 1. The molecule has 0 spiro atoms. The van der Waals surface area contributed by atoms with Crippen molar-refractivity contribution in [3.63, 3.8) is 0 Å². The molecule has 0 saturated heterocycles. The summed E-state index contributed by atoms with van der Waals surface area (Å²) in [7, 11) is 3.23. The zero-order valence-corrected chi connectivity index (χ0v) is 16.3. The molecule has 0 fully saturated rings. The highest BCUT2D eigenvalue weighted by Crippen LogP contribution is 2.31. The Labute approximate surface area is 166 Å². The Morgan fingerprint density at radius 1 is 0.821 bits per heavy atom. The van der Waals surface area contributed by atoms with E-state index in [4.69, 9.17) is 9.47 Å². The van der Waals surface area contributed by atoms with Gasteiger partial charge in [0.25, 0.3) is 0 Å². The maximum Gasteiger partial charge on any atom is 0.227 e. The van der Waals surface area contributed by atoms with Crippen LogP contribution in [0.25, 0.3) is 0 Å². The summed E-state index contributed by atoms with van der Waals surface area (Å²) in [5.74, 6) is 1.43. The molecule has 0 unspecified atom stereocenters. The number of carbonyl (C=O) groups is 1. The Bertz CT molecular complexity index is 894. The third-order valence-electron chi connectivity index (χ3n) is 4.65. The van der Waals surface area contributed by atoms with Crippen molar-refractivity contribution in [3.8, 4) is 11.5 Å². The van der Waals surface area contributed by atoms with Gasteiger partial charge in [0.15, 0.2) is 11.5 Å². The number of rotatable bonds is 8. The van der Waals surface area contributed by atoms with Crippen molar-refractivity contribution < 1.29 is 14.3 Å². The minimum atomic E-state index is 0.0694. The number of amides is 1. The minimum Gasteiger partial charge on any atom is -0.493 e. The second-order valence-corrected chi connectivity index (χ2v) is 6.45. The van der Waals surface area contributed by atoms with Gasteiger partial charge in [-0.05, 0) is 35.7 Å². The van der Waals surface area contributed by atoms with Gasteiger partial charge in [-0.25, -0.2) is 0 Å². The van der Waals surface area contributed by atoms with Crippen LogP contribution < -0.4 is 14.4 Å². The lowest BCUT2D eigenvalue weighted by Gasteiger charge is -2.23. The molecule has 4 heteroatoms. The molecule has 0 aromatic heterocycles. The van der Waals surface area contributed by atoms with E-state index in [2.05, 4.69) is 0 Å². The standard InChI is InChI=1S/C24H25NO3/c1-27-22-15-9-12-20(24(22)28-2)16-17-23(26)25(21-13-7-4-8-14-21)18-19-10-5-3-6-11-19/h3-15H,16-18H2,1-2H3. The number of anilines is 1. The smallest absolute Gasteiger partial charge is 0.227 e. The molecule has 0 bridgehead atoms. The van der Waals surface area contributed by atoms with Crippen molar-refractivity contribution in [2.75, 3.05) is 19.1 Å². The number of aryl methyl sites for hydroxylation is 1. The molecule has 3 aromatic carbocycles. The Balaban J connectivity index is 1.79. The molecule has 0 aliphatic heterocycles. The summed E-state index contributed by atoms with van der Waals surface area (Å²) in [6.45, 7) is 0.541. The first-order valence-corrected chi connectivity index (χ1v) is 9.32. The molecular formula is C24H25NO3. The van der Waals surface area contributed by atoms with Gasteiger partial charge in [-0.2, -0.15) is 0 Å². The summed E-state index contributed by atoms with van der Waals surface area (Å²) in [6.07, 6.45) is 0.961. The average molecular weight is 375 g/mol. The van der Waals surface area contributed by atoms with Crippen LogP contribution in [0.2, 0.25) is 0 Å². The van der Waals surface area contributed by atoms with Crippen LogP contribution >= 0.6 is 0 Å². The van der Waals surface area contributed by atoms with E-state index in [0.717, 1.165) is 16.8 Å². The zero-order chi connectivity index (χ0) is 19.8. The first-order valence-electron chi connectivity index (χ1n) is 9.32. The lowest BCUT2D eigenvalue weighted by atomic mass is 10.1.